The number of nitrogens with zero attached hydrogens (tertiary/aromatic N) is 1. The molecular weight excluding hydrogens is 238 g/mol. The minimum atomic E-state index is 0.110. The summed E-state index contributed by atoms with van der Waals surface area (Å²) in [5.41, 5.74) is 0.956. The molecule has 4 heteroatoms. The summed E-state index contributed by atoms with van der Waals surface area (Å²) in [6.07, 6.45) is 1.94. The predicted molar refractivity (Wildman–Crippen MR) is 68.8 cm³/mol. The van der Waals surface area contributed by atoms with Crippen molar-refractivity contribution < 1.29 is 5.11 Å². The summed E-state index contributed by atoms with van der Waals surface area (Å²) in [7, 11) is 0. The molecule has 0 bridgehead atoms. The second kappa shape index (κ2) is 5.48. The van der Waals surface area contributed by atoms with Gasteiger partial charge in [-0.1, -0.05) is 12.1 Å². The van der Waals surface area contributed by atoms with Crippen molar-refractivity contribution in [1.29, 1.82) is 0 Å². The number of benzene rings is 1. The molecule has 0 aliphatic rings. The average molecular weight is 251 g/mol. The van der Waals surface area contributed by atoms with Crippen molar-refractivity contribution in [3.05, 3.63) is 45.9 Å². The Morgan fingerprint density at radius 2 is 2.06 bits per heavy atom. The fourth-order valence-electron chi connectivity index (χ4n) is 1.32. The summed E-state index contributed by atoms with van der Waals surface area (Å²) in [5, 5.41) is 10.0. The highest BCUT2D eigenvalue weighted by Gasteiger charge is 2.00. The number of thioether (sulfide) groups is 1. The quantitative estimate of drug-likeness (QED) is 0.847. The van der Waals surface area contributed by atoms with E-state index in [0.29, 0.717) is 0 Å². The molecule has 1 aromatic heterocycles. The first-order valence-electron chi connectivity index (χ1n) is 5.02. The van der Waals surface area contributed by atoms with Crippen LogP contribution in [0.4, 0.5) is 0 Å². The number of hydrogen-bond acceptors (Lipinski definition) is 4. The van der Waals surface area contributed by atoms with Crippen LogP contribution in [0.2, 0.25) is 0 Å². The minimum Gasteiger partial charge on any atom is -0.392 e. The zero-order chi connectivity index (χ0) is 11.4. The van der Waals surface area contributed by atoms with E-state index in [9.17, 15) is 0 Å². The van der Waals surface area contributed by atoms with Crippen molar-refractivity contribution in [1.82, 2.24) is 4.98 Å². The molecule has 2 rings (SSSR count). The van der Waals surface area contributed by atoms with Gasteiger partial charge in [0.25, 0.3) is 0 Å². The molecule has 0 saturated heterocycles. The number of hydrogen-bond donors (Lipinski definition) is 1. The Balaban J connectivity index is 1.94. The molecule has 2 aromatic rings. The van der Waals surface area contributed by atoms with E-state index >= 15 is 0 Å². The van der Waals surface area contributed by atoms with Crippen LogP contribution < -0.4 is 0 Å². The van der Waals surface area contributed by atoms with E-state index in [1.165, 1.54) is 9.77 Å². The predicted octanol–water partition coefficient (Wildman–Crippen LogP) is 3.24. The molecular formula is C12H13NOS2. The standard InChI is InChI=1S/C12H13NOS2/c1-9-13-6-12(16-9)8-15-11-4-2-10(7-14)3-5-11/h2-6,14H,7-8H2,1H3. The Labute approximate surface area is 103 Å². The molecule has 0 atom stereocenters. The van der Waals surface area contributed by atoms with E-state index in [1.807, 2.05) is 37.4 Å². The first kappa shape index (κ1) is 11.6. The van der Waals surface area contributed by atoms with E-state index in [2.05, 4.69) is 4.98 Å². The lowest BCUT2D eigenvalue weighted by atomic mass is 10.2. The molecule has 0 radical (unpaired) electrons. The van der Waals surface area contributed by atoms with Crippen molar-refractivity contribution in [2.24, 2.45) is 0 Å². The molecule has 2 nitrogen and oxygen atoms in total. The Morgan fingerprint density at radius 3 is 2.62 bits per heavy atom. The van der Waals surface area contributed by atoms with Gasteiger partial charge in [-0.25, -0.2) is 4.98 Å². The van der Waals surface area contributed by atoms with Gasteiger partial charge in [0.1, 0.15) is 0 Å². The van der Waals surface area contributed by atoms with E-state index in [4.69, 9.17) is 5.11 Å². The van der Waals surface area contributed by atoms with Gasteiger partial charge in [0, 0.05) is 21.7 Å². The van der Waals surface area contributed by atoms with E-state index in [1.54, 1.807) is 23.1 Å². The third-order valence-electron chi connectivity index (χ3n) is 2.16. The highest BCUT2D eigenvalue weighted by atomic mass is 32.2. The number of aromatic nitrogens is 1. The summed E-state index contributed by atoms with van der Waals surface area (Å²) in [5.74, 6) is 0.962. The Bertz CT molecular complexity index is 450. The number of aryl methyl sites for hydroxylation is 1. The van der Waals surface area contributed by atoms with Gasteiger partial charge in [0.05, 0.1) is 11.6 Å². The molecule has 16 heavy (non-hydrogen) atoms. The maximum Gasteiger partial charge on any atom is 0.0897 e. The summed E-state index contributed by atoms with van der Waals surface area (Å²) in [6, 6.07) is 8.01. The molecule has 1 aromatic carbocycles. The third-order valence-corrected chi connectivity index (χ3v) is 4.31. The van der Waals surface area contributed by atoms with Gasteiger partial charge in [-0.15, -0.1) is 23.1 Å². The summed E-state index contributed by atoms with van der Waals surface area (Å²) < 4.78 is 0. The largest absolute Gasteiger partial charge is 0.392 e. The van der Waals surface area contributed by atoms with Crippen LogP contribution in [0.1, 0.15) is 15.4 Å². The van der Waals surface area contributed by atoms with Gasteiger partial charge in [0.2, 0.25) is 0 Å². The SMILES string of the molecule is Cc1ncc(CSc2ccc(CO)cc2)s1. The van der Waals surface area contributed by atoms with E-state index in [-0.39, 0.29) is 6.61 Å². The summed E-state index contributed by atoms with van der Waals surface area (Å²) >= 11 is 3.54. The molecule has 0 unspecified atom stereocenters. The molecule has 0 spiro atoms. The minimum absolute atomic E-state index is 0.110. The van der Waals surface area contributed by atoms with Gasteiger partial charge in [0.15, 0.2) is 0 Å². The van der Waals surface area contributed by atoms with Gasteiger partial charge >= 0.3 is 0 Å². The molecule has 0 amide bonds. The highest BCUT2D eigenvalue weighted by Crippen LogP contribution is 2.25. The van der Waals surface area contributed by atoms with Gasteiger partial charge in [-0.3, -0.25) is 0 Å². The number of thiazole rings is 1. The second-order valence-electron chi connectivity index (χ2n) is 3.44. The van der Waals surface area contributed by atoms with Crippen LogP contribution in [-0.2, 0) is 12.4 Å². The van der Waals surface area contributed by atoms with Gasteiger partial charge in [-0.2, -0.15) is 0 Å². The molecule has 0 aliphatic heterocycles. The van der Waals surface area contributed by atoms with Crippen molar-refractivity contribution in [2.45, 2.75) is 24.2 Å². The molecule has 1 heterocycles. The third kappa shape index (κ3) is 3.07. The first-order chi connectivity index (χ1) is 7.78. The van der Waals surface area contributed by atoms with Crippen molar-refractivity contribution in [3.8, 4) is 0 Å². The second-order valence-corrected chi connectivity index (χ2v) is 5.80. The number of aliphatic hydroxyl groups is 1. The molecule has 0 saturated carbocycles. The van der Waals surface area contributed by atoms with Crippen LogP contribution in [0.3, 0.4) is 0 Å². The number of rotatable bonds is 4. The average Bonchev–Trinajstić information content (AvgIpc) is 2.73. The summed E-state index contributed by atoms with van der Waals surface area (Å²) in [6.45, 7) is 2.13. The van der Waals surface area contributed by atoms with Crippen molar-refractivity contribution in [3.63, 3.8) is 0 Å². The van der Waals surface area contributed by atoms with Gasteiger partial charge in [-0.05, 0) is 24.6 Å². The summed E-state index contributed by atoms with van der Waals surface area (Å²) in [4.78, 5) is 6.75. The Hall–Kier alpha value is -0.840. The first-order valence-corrected chi connectivity index (χ1v) is 6.82. The van der Waals surface area contributed by atoms with Crippen LogP contribution >= 0.6 is 23.1 Å². The molecule has 1 N–H and O–H groups in total. The van der Waals surface area contributed by atoms with Crippen LogP contribution in [0.5, 0.6) is 0 Å². The molecule has 0 aliphatic carbocycles. The van der Waals surface area contributed by atoms with Crippen molar-refractivity contribution in [2.75, 3.05) is 0 Å². The molecule has 0 fully saturated rings. The lowest BCUT2D eigenvalue weighted by Gasteiger charge is -2.00. The van der Waals surface area contributed by atoms with Crippen LogP contribution in [0, 0.1) is 6.92 Å². The molecule has 84 valence electrons. The zero-order valence-electron chi connectivity index (χ0n) is 9.01. The lowest BCUT2D eigenvalue weighted by Crippen LogP contribution is -1.81. The Kier molecular flexibility index (Phi) is 3.98. The van der Waals surface area contributed by atoms with Crippen LogP contribution in [0.15, 0.2) is 35.4 Å². The Morgan fingerprint density at radius 1 is 1.31 bits per heavy atom. The monoisotopic (exact) mass is 251 g/mol. The lowest BCUT2D eigenvalue weighted by molar-refractivity contribution is 0.282. The smallest absolute Gasteiger partial charge is 0.0897 e. The van der Waals surface area contributed by atoms with E-state index < -0.39 is 0 Å². The maximum atomic E-state index is 8.93. The van der Waals surface area contributed by atoms with Crippen LogP contribution in [0.25, 0.3) is 0 Å². The zero-order valence-corrected chi connectivity index (χ0v) is 10.6. The fraction of sp³-hybridized carbons (Fsp3) is 0.250. The van der Waals surface area contributed by atoms with E-state index in [0.717, 1.165) is 16.3 Å². The fourth-order valence-corrected chi connectivity index (χ4v) is 3.03. The van der Waals surface area contributed by atoms with Crippen molar-refractivity contribution >= 4 is 23.1 Å². The van der Waals surface area contributed by atoms with Crippen LogP contribution in [-0.4, -0.2) is 10.1 Å². The number of aliphatic hydroxyl groups excluding tert-OH is 1. The topological polar surface area (TPSA) is 33.1 Å². The highest BCUT2D eigenvalue weighted by molar-refractivity contribution is 7.98. The van der Waals surface area contributed by atoms with Gasteiger partial charge < -0.3 is 5.11 Å². The maximum absolute atomic E-state index is 8.93. The normalized spacial score (nSPS) is 10.6.